The molecule has 0 bridgehead atoms. The third-order valence-electron chi connectivity index (χ3n) is 9.37. The van der Waals surface area contributed by atoms with Crippen molar-refractivity contribution in [3.8, 4) is 79.7 Å². The fourth-order valence-corrected chi connectivity index (χ4v) is 6.76. The maximum Gasteiger partial charge on any atom is 0.119 e. The van der Waals surface area contributed by atoms with E-state index in [1.807, 2.05) is 24.3 Å². The van der Waals surface area contributed by atoms with Gasteiger partial charge in [0.05, 0.1) is 14.2 Å². The quantitative estimate of drug-likeness (QED) is 0.177. The van der Waals surface area contributed by atoms with Crippen LogP contribution in [0.4, 0.5) is 0 Å². The van der Waals surface area contributed by atoms with Crippen LogP contribution in [-0.2, 0) is 0 Å². The van der Waals surface area contributed by atoms with E-state index in [0.29, 0.717) is 0 Å². The SMILES string of the molecule is COc1cc(C)c(C#Cc2cc(-c3cc4cccccc-4c3)c(C#Cc3c(C)cc(OC)cc3C)cc2-c2cc3cccccc-3c2)c(C)c1. The first kappa shape index (κ1) is 32.3. The fourth-order valence-electron chi connectivity index (χ4n) is 6.76. The molecule has 0 saturated carbocycles. The normalized spacial score (nSPS) is 10.7. The number of aryl methyl sites for hydroxylation is 4. The number of fused-ring (bicyclic) bond motifs is 2. The van der Waals surface area contributed by atoms with Crippen LogP contribution >= 0.6 is 0 Å². The molecule has 0 heterocycles. The van der Waals surface area contributed by atoms with Gasteiger partial charge in [0.25, 0.3) is 0 Å². The van der Waals surface area contributed by atoms with Crippen LogP contribution in [-0.4, -0.2) is 14.2 Å². The molecule has 2 heteroatoms. The molecule has 0 atom stereocenters. The van der Waals surface area contributed by atoms with Crippen molar-refractivity contribution >= 4 is 0 Å². The second-order valence-corrected chi connectivity index (χ2v) is 12.8. The van der Waals surface area contributed by atoms with Crippen molar-refractivity contribution in [3.63, 3.8) is 0 Å². The minimum absolute atomic E-state index is 0.840. The molecule has 0 aliphatic heterocycles. The van der Waals surface area contributed by atoms with E-state index in [1.54, 1.807) is 14.2 Å². The predicted molar refractivity (Wildman–Crippen MR) is 207 cm³/mol. The molecule has 3 aromatic rings. The van der Waals surface area contributed by atoms with Gasteiger partial charge in [0.2, 0.25) is 0 Å². The molecule has 3 aromatic carbocycles. The Balaban J connectivity index is 1.50. The van der Waals surface area contributed by atoms with Gasteiger partial charge in [0, 0.05) is 22.3 Å². The zero-order valence-corrected chi connectivity index (χ0v) is 29.4. The lowest BCUT2D eigenvalue weighted by Gasteiger charge is -2.11. The zero-order chi connectivity index (χ0) is 34.8. The van der Waals surface area contributed by atoms with Gasteiger partial charge in [-0.1, -0.05) is 84.3 Å². The topological polar surface area (TPSA) is 18.5 Å². The van der Waals surface area contributed by atoms with Gasteiger partial charge in [-0.15, -0.1) is 0 Å². The van der Waals surface area contributed by atoms with E-state index in [0.717, 1.165) is 78.3 Å². The van der Waals surface area contributed by atoms with Crippen LogP contribution in [0.25, 0.3) is 44.5 Å². The minimum Gasteiger partial charge on any atom is -0.497 e. The third-order valence-corrected chi connectivity index (χ3v) is 9.37. The van der Waals surface area contributed by atoms with Crippen LogP contribution in [0.5, 0.6) is 11.5 Å². The monoisotopic (exact) mass is 646 g/mol. The highest BCUT2D eigenvalue weighted by Gasteiger charge is 2.17. The molecule has 4 aliphatic carbocycles. The van der Waals surface area contributed by atoms with Crippen LogP contribution in [0.3, 0.4) is 0 Å². The Kier molecular flexibility index (Phi) is 8.87. The first-order chi connectivity index (χ1) is 24.3. The molecule has 0 N–H and O–H groups in total. The summed E-state index contributed by atoms with van der Waals surface area (Å²) in [6, 6.07) is 42.8. The van der Waals surface area contributed by atoms with Gasteiger partial charge in [0.15, 0.2) is 0 Å². The number of benzene rings is 3. The van der Waals surface area contributed by atoms with Gasteiger partial charge < -0.3 is 9.47 Å². The molecule has 0 amide bonds. The van der Waals surface area contributed by atoms with Crippen LogP contribution < -0.4 is 9.47 Å². The van der Waals surface area contributed by atoms with Crippen molar-refractivity contribution in [3.05, 3.63) is 166 Å². The van der Waals surface area contributed by atoms with E-state index in [9.17, 15) is 0 Å². The van der Waals surface area contributed by atoms with Crippen LogP contribution in [0.15, 0.2) is 121 Å². The molecular weight excluding hydrogens is 609 g/mol. The van der Waals surface area contributed by atoms with Crippen LogP contribution in [0, 0.1) is 51.4 Å². The maximum atomic E-state index is 5.53. The maximum absolute atomic E-state index is 5.53. The van der Waals surface area contributed by atoms with Gasteiger partial charge in [-0.3, -0.25) is 0 Å². The van der Waals surface area contributed by atoms with E-state index >= 15 is 0 Å². The Bertz CT molecular complexity index is 2180. The minimum atomic E-state index is 0.840. The van der Waals surface area contributed by atoms with Crippen molar-refractivity contribution < 1.29 is 9.47 Å². The second kappa shape index (κ2) is 13.7. The predicted octanol–water partition coefficient (Wildman–Crippen LogP) is 11.3. The van der Waals surface area contributed by atoms with Crippen LogP contribution in [0.1, 0.15) is 44.5 Å². The molecule has 7 rings (SSSR count). The Labute approximate surface area is 296 Å². The smallest absolute Gasteiger partial charge is 0.119 e. The van der Waals surface area contributed by atoms with Crippen LogP contribution in [0.2, 0.25) is 0 Å². The molecule has 242 valence electrons. The van der Waals surface area contributed by atoms with E-state index in [-0.39, 0.29) is 0 Å². The van der Waals surface area contributed by atoms with E-state index < -0.39 is 0 Å². The molecule has 0 aromatic heterocycles. The summed E-state index contributed by atoms with van der Waals surface area (Å²) in [7, 11) is 3.40. The van der Waals surface area contributed by atoms with Gasteiger partial charge in [-0.05, 0) is 155 Å². The van der Waals surface area contributed by atoms with E-state index in [4.69, 9.17) is 9.47 Å². The molecule has 0 unspecified atom stereocenters. The average Bonchev–Trinajstić information content (AvgIpc) is 3.54. The summed E-state index contributed by atoms with van der Waals surface area (Å²) in [5, 5.41) is 0. The third kappa shape index (κ3) is 6.45. The van der Waals surface area contributed by atoms with E-state index in [1.165, 1.54) is 22.3 Å². The zero-order valence-electron chi connectivity index (χ0n) is 29.4. The standard InChI is InChI=1S/C48H38O2/c1-31-21-43(49-5)22-32(2)45(31)19-17-39-29-48(42-27-37-15-11-8-12-16-38(37)28-42)40(18-20-46-33(3)23-44(50-6)24-34(46)4)30-47(39)41-25-35-13-9-7-10-14-36(35)26-41/h7-16,21-30H,1-6H3. The highest BCUT2D eigenvalue weighted by Crippen LogP contribution is 2.39. The Morgan fingerprint density at radius 1 is 0.360 bits per heavy atom. The van der Waals surface area contributed by atoms with Gasteiger partial charge in [-0.25, -0.2) is 0 Å². The summed E-state index contributed by atoms with van der Waals surface area (Å²) in [6.45, 7) is 8.36. The average molecular weight is 647 g/mol. The Morgan fingerprint density at radius 3 is 0.980 bits per heavy atom. The van der Waals surface area contributed by atoms with Crippen molar-refractivity contribution in [1.82, 2.24) is 0 Å². The molecule has 0 spiro atoms. The lowest BCUT2D eigenvalue weighted by molar-refractivity contribution is 0.414. The van der Waals surface area contributed by atoms with Crippen molar-refractivity contribution in [2.45, 2.75) is 27.7 Å². The largest absolute Gasteiger partial charge is 0.497 e. The van der Waals surface area contributed by atoms with Gasteiger partial charge >= 0.3 is 0 Å². The fraction of sp³-hybridized carbons (Fsp3) is 0.125. The van der Waals surface area contributed by atoms with E-state index in [2.05, 4.69) is 148 Å². The molecule has 2 nitrogen and oxygen atoms in total. The number of hydrogen-bond acceptors (Lipinski definition) is 2. The van der Waals surface area contributed by atoms with Crippen molar-refractivity contribution in [2.75, 3.05) is 14.2 Å². The molecule has 50 heavy (non-hydrogen) atoms. The van der Waals surface area contributed by atoms with Crippen molar-refractivity contribution in [1.29, 1.82) is 0 Å². The number of ether oxygens (including phenoxy) is 2. The summed E-state index contributed by atoms with van der Waals surface area (Å²) >= 11 is 0. The Hall–Kier alpha value is -6.22. The first-order valence-corrected chi connectivity index (χ1v) is 16.8. The number of methoxy groups -OCH3 is 2. The summed E-state index contributed by atoms with van der Waals surface area (Å²) in [5.74, 6) is 16.0. The highest BCUT2D eigenvalue weighted by molar-refractivity contribution is 5.89. The molecule has 0 saturated heterocycles. The molecule has 4 aliphatic rings. The summed E-state index contributed by atoms with van der Waals surface area (Å²) in [4.78, 5) is 0. The molecule has 0 radical (unpaired) electrons. The lowest BCUT2D eigenvalue weighted by atomic mass is 9.91. The lowest BCUT2D eigenvalue weighted by Crippen LogP contribution is -1.94. The summed E-state index contributed by atoms with van der Waals surface area (Å²) < 4.78 is 11.1. The summed E-state index contributed by atoms with van der Waals surface area (Å²) in [6.07, 6.45) is 0. The second-order valence-electron chi connectivity index (χ2n) is 12.8. The molecule has 0 fully saturated rings. The number of rotatable bonds is 4. The first-order valence-electron chi connectivity index (χ1n) is 16.8. The van der Waals surface area contributed by atoms with Crippen molar-refractivity contribution in [2.24, 2.45) is 0 Å². The Morgan fingerprint density at radius 2 is 0.680 bits per heavy atom. The molecular formula is C48H38O2. The van der Waals surface area contributed by atoms with Gasteiger partial charge in [0.1, 0.15) is 11.5 Å². The summed E-state index contributed by atoms with van der Waals surface area (Å²) in [5.41, 5.74) is 17.4. The van der Waals surface area contributed by atoms with Gasteiger partial charge in [-0.2, -0.15) is 0 Å². The highest BCUT2D eigenvalue weighted by atomic mass is 16.5. The number of hydrogen-bond donors (Lipinski definition) is 0.